The van der Waals surface area contributed by atoms with Crippen LogP contribution in [0.4, 0.5) is 0 Å². The SMILES string of the molecule is CC(C)CNC(=O)CN(C)C(C(=O)O)C1CC1. The highest BCUT2D eigenvalue weighted by Gasteiger charge is 2.39. The molecule has 0 aliphatic heterocycles. The summed E-state index contributed by atoms with van der Waals surface area (Å²) in [7, 11) is 1.70. The van der Waals surface area contributed by atoms with Gasteiger partial charge in [-0.15, -0.1) is 0 Å². The summed E-state index contributed by atoms with van der Waals surface area (Å²) in [6, 6.07) is -0.514. The van der Waals surface area contributed by atoms with Crippen LogP contribution in [0, 0.1) is 11.8 Å². The number of hydrogen-bond acceptors (Lipinski definition) is 3. The van der Waals surface area contributed by atoms with Crippen molar-refractivity contribution in [3.05, 3.63) is 0 Å². The minimum atomic E-state index is -0.827. The first-order valence-corrected chi connectivity index (χ1v) is 6.11. The van der Waals surface area contributed by atoms with Gasteiger partial charge in [-0.2, -0.15) is 0 Å². The third kappa shape index (κ3) is 4.73. The van der Waals surface area contributed by atoms with Gasteiger partial charge in [0.25, 0.3) is 0 Å². The number of likely N-dealkylation sites (N-methyl/N-ethyl adjacent to an activating group) is 1. The van der Waals surface area contributed by atoms with E-state index in [1.165, 1.54) is 0 Å². The van der Waals surface area contributed by atoms with Crippen molar-refractivity contribution in [3.8, 4) is 0 Å². The Morgan fingerprint density at radius 1 is 1.41 bits per heavy atom. The lowest BCUT2D eigenvalue weighted by Gasteiger charge is -2.23. The average molecular weight is 242 g/mol. The van der Waals surface area contributed by atoms with Gasteiger partial charge in [0.2, 0.25) is 5.91 Å². The lowest BCUT2D eigenvalue weighted by molar-refractivity contribution is -0.144. The highest BCUT2D eigenvalue weighted by molar-refractivity contribution is 5.80. The van der Waals surface area contributed by atoms with Crippen LogP contribution in [0.2, 0.25) is 0 Å². The quantitative estimate of drug-likeness (QED) is 0.684. The van der Waals surface area contributed by atoms with Crippen LogP contribution in [0.3, 0.4) is 0 Å². The largest absolute Gasteiger partial charge is 0.480 e. The van der Waals surface area contributed by atoms with E-state index >= 15 is 0 Å². The summed E-state index contributed by atoms with van der Waals surface area (Å²) >= 11 is 0. The molecule has 0 spiro atoms. The van der Waals surface area contributed by atoms with E-state index in [1.54, 1.807) is 11.9 Å². The second kappa shape index (κ2) is 6.00. The Bertz CT molecular complexity index is 287. The predicted octanol–water partition coefficient (Wildman–Crippen LogP) is 0.554. The standard InChI is InChI=1S/C12H22N2O3/c1-8(2)6-13-10(15)7-14(3)11(12(16)17)9-4-5-9/h8-9,11H,4-7H2,1-3H3,(H,13,15)(H,16,17). The molecule has 1 fully saturated rings. The van der Waals surface area contributed by atoms with Crippen molar-refractivity contribution in [1.29, 1.82) is 0 Å². The van der Waals surface area contributed by atoms with Crippen LogP contribution in [0.5, 0.6) is 0 Å². The molecule has 0 aromatic carbocycles. The van der Waals surface area contributed by atoms with E-state index < -0.39 is 12.0 Å². The third-order valence-corrected chi connectivity index (χ3v) is 2.90. The molecule has 5 heteroatoms. The van der Waals surface area contributed by atoms with Crippen molar-refractivity contribution in [2.24, 2.45) is 11.8 Å². The average Bonchev–Trinajstić information content (AvgIpc) is 2.98. The second-order valence-corrected chi connectivity index (χ2v) is 5.23. The van der Waals surface area contributed by atoms with Crippen LogP contribution in [-0.2, 0) is 9.59 Å². The van der Waals surface area contributed by atoms with Crippen LogP contribution >= 0.6 is 0 Å². The Morgan fingerprint density at radius 2 is 2.00 bits per heavy atom. The first-order chi connectivity index (χ1) is 7.91. The number of carbonyl (C=O) groups is 2. The minimum absolute atomic E-state index is 0.104. The number of carbonyl (C=O) groups excluding carboxylic acids is 1. The topological polar surface area (TPSA) is 69.6 Å². The van der Waals surface area contributed by atoms with E-state index in [2.05, 4.69) is 5.32 Å². The number of rotatable bonds is 7. The molecule has 1 unspecified atom stereocenters. The molecule has 1 rings (SSSR count). The van der Waals surface area contributed by atoms with Crippen molar-refractivity contribution in [1.82, 2.24) is 10.2 Å². The molecule has 2 N–H and O–H groups in total. The van der Waals surface area contributed by atoms with E-state index in [1.807, 2.05) is 13.8 Å². The minimum Gasteiger partial charge on any atom is -0.480 e. The summed E-state index contributed by atoms with van der Waals surface area (Å²) in [5.41, 5.74) is 0. The molecule has 98 valence electrons. The summed E-state index contributed by atoms with van der Waals surface area (Å²) in [6.07, 6.45) is 1.91. The van der Waals surface area contributed by atoms with Crippen LogP contribution in [0.15, 0.2) is 0 Å². The summed E-state index contributed by atoms with van der Waals surface area (Å²) in [5.74, 6) is -0.307. The van der Waals surface area contributed by atoms with Gasteiger partial charge < -0.3 is 10.4 Å². The fourth-order valence-electron chi connectivity index (χ4n) is 1.86. The molecule has 0 saturated heterocycles. The summed E-state index contributed by atoms with van der Waals surface area (Å²) in [4.78, 5) is 24.3. The van der Waals surface area contributed by atoms with E-state index in [0.717, 1.165) is 12.8 Å². The Kier molecular flexibility index (Phi) is 4.93. The van der Waals surface area contributed by atoms with Gasteiger partial charge in [0, 0.05) is 6.54 Å². The lowest BCUT2D eigenvalue weighted by Crippen LogP contribution is -2.46. The van der Waals surface area contributed by atoms with Gasteiger partial charge in [-0.1, -0.05) is 13.8 Å². The molecule has 0 aromatic rings. The molecule has 0 radical (unpaired) electrons. The van der Waals surface area contributed by atoms with Gasteiger partial charge >= 0.3 is 5.97 Å². The first kappa shape index (κ1) is 14.0. The van der Waals surface area contributed by atoms with Crippen LogP contribution in [-0.4, -0.2) is 48.1 Å². The number of aliphatic carboxylic acids is 1. The van der Waals surface area contributed by atoms with E-state index in [-0.39, 0.29) is 18.4 Å². The molecule has 0 aromatic heterocycles. The molecule has 1 aliphatic carbocycles. The fourth-order valence-corrected chi connectivity index (χ4v) is 1.86. The number of nitrogens with zero attached hydrogens (tertiary/aromatic N) is 1. The Morgan fingerprint density at radius 3 is 2.41 bits per heavy atom. The maximum atomic E-state index is 11.6. The van der Waals surface area contributed by atoms with Gasteiger partial charge in [-0.25, -0.2) is 0 Å². The molecule has 1 amide bonds. The molecule has 1 aliphatic rings. The number of carboxylic acids is 1. The Hall–Kier alpha value is -1.10. The van der Waals surface area contributed by atoms with E-state index in [9.17, 15) is 9.59 Å². The predicted molar refractivity (Wildman–Crippen MR) is 64.6 cm³/mol. The Balaban J connectivity index is 2.38. The molecule has 0 heterocycles. The molecular formula is C12H22N2O3. The molecule has 1 atom stereocenters. The highest BCUT2D eigenvalue weighted by Crippen LogP contribution is 2.34. The normalized spacial score (nSPS) is 17.2. The maximum Gasteiger partial charge on any atom is 0.321 e. The van der Waals surface area contributed by atoms with E-state index in [0.29, 0.717) is 12.5 Å². The van der Waals surface area contributed by atoms with Gasteiger partial charge in [0.1, 0.15) is 6.04 Å². The van der Waals surface area contributed by atoms with Crippen LogP contribution in [0.25, 0.3) is 0 Å². The van der Waals surface area contributed by atoms with Crippen molar-refractivity contribution in [2.45, 2.75) is 32.7 Å². The van der Waals surface area contributed by atoms with Crippen molar-refractivity contribution in [2.75, 3.05) is 20.1 Å². The molecule has 0 bridgehead atoms. The van der Waals surface area contributed by atoms with E-state index in [4.69, 9.17) is 5.11 Å². The van der Waals surface area contributed by atoms with Gasteiger partial charge in [-0.3, -0.25) is 14.5 Å². The summed E-state index contributed by atoms with van der Waals surface area (Å²) in [5, 5.41) is 11.9. The molecular weight excluding hydrogens is 220 g/mol. The number of nitrogens with one attached hydrogen (secondary N) is 1. The third-order valence-electron chi connectivity index (χ3n) is 2.90. The smallest absolute Gasteiger partial charge is 0.321 e. The summed E-state index contributed by atoms with van der Waals surface area (Å²) in [6.45, 7) is 4.83. The van der Waals surface area contributed by atoms with Crippen LogP contribution in [0.1, 0.15) is 26.7 Å². The monoisotopic (exact) mass is 242 g/mol. The highest BCUT2D eigenvalue weighted by atomic mass is 16.4. The summed E-state index contributed by atoms with van der Waals surface area (Å²) < 4.78 is 0. The van der Waals surface area contributed by atoms with Gasteiger partial charge in [0.05, 0.1) is 6.54 Å². The van der Waals surface area contributed by atoms with Gasteiger partial charge in [0.15, 0.2) is 0 Å². The maximum absolute atomic E-state index is 11.6. The van der Waals surface area contributed by atoms with Crippen molar-refractivity contribution in [3.63, 3.8) is 0 Å². The Labute approximate surface area is 102 Å². The molecule has 1 saturated carbocycles. The fraction of sp³-hybridized carbons (Fsp3) is 0.833. The molecule has 17 heavy (non-hydrogen) atoms. The number of amides is 1. The zero-order valence-corrected chi connectivity index (χ0v) is 10.8. The van der Waals surface area contributed by atoms with Crippen molar-refractivity contribution < 1.29 is 14.7 Å². The number of carboxylic acid groups (broad SMARTS) is 1. The van der Waals surface area contributed by atoms with Crippen molar-refractivity contribution >= 4 is 11.9 Å². The van der Waals surface area contributed by atoms with Crippen LogP contribution < -0.4 is 5.32 Å². The molecule has 5 nitrogen and oxygen atoms in total. The second-order valence-electron chi connectivity index (χ2n) is 5.23. The number of hydrogen-bond donors (Lipinski definition) is 2. The zero-order valence-electron chi connectivity index (χ0n) is 10.8. The van der Waals surface area contributed by atoms with Gasteiger partial charge in [-0.05, 0) is 31.7 Å². The zero-order chi connectivity index (χ0) is 13.0. The first-order valence-electron chi connectivity index (χ1n) is 6.11. The lowest BCUT2D eigenvalue weighted by atomic mass is 10.1.